The van der Waals surface area contributed by atoms with Crippen molar-refractivity contribution in [3.63, 3.8) is 0 Å². The zero-order chi connectivity index (χ0) is 33.4. The SMILES string of the molecule is CN1CC(c2cccc(S(=O)(=O)Nc3ccc([C@H]4CCC[C@@H](C(=O)Nc5ccc(C(F)(F)F)cc5F)[C@@H]4C(=O)O)cc3)c2)CC1=O. The lowest BCUT2D eigenvalue weighted by atomic mass is 9.69. The Morgan fingerprint density at radius 3 is 2.30 bits per heavy atom. The van der Waals surface area contributed by atoms with Gasteiger partial charge in [-0.25, -0.2) is 12.8 Å². The van der Waals surface area contributed by atoms with Crippen LogP contribution in [0.2, 0.25) is 0 Å². The first-order valence-corrected chi connectivity index (χ1v) is 16.0. The number of nitrogens with one attached hydrogen (secondary N) is 2. The van der Waals surface area contributed by atoms with Crippen molar-refractivity contribution in [1.82, 2.24) is 4.90 Å². The maximum Gasteiger partial charge on any atom is 0.416 e. The number of likely N-dealkylation sites (N-methyl/N-ethyl adjacent to an activating group) is 1. The number of likely N-dealkylation sites (tertiary alicyclic amines) is 1. The van der Waals surface area contributed by atoms with Crippen LogP contribution < -0.4 is 10.0 Å². The number of halogens is 4. The molecule has 0 bridgehead atoms. The van der Waals surface area contributed by atoms with Crippen LogP contribution >= 0.6 is 0 Å². The van der Waals surface area contributed by atoms with Crippen LogP contribution in [0, 0.1) is 17.7 Å². The standard InChI is InChI=1S/C32H31F4N3O6S/c1-39-17-20(15-28(39)40)19-4-2-5-23(14-19)46(44,45)38-22-11-8-18(9-12-22)24-6-3-7-25(29(24)31(42)43)30(41)37-27-13-10-21(16-26(27)33)32(34,35)36/h2,4-5,8-14,16,20,24-25,29,38H,3,6-7,15,17H2,1H3,(H,37,41)(H,42,43)/t20?,24-,25-,29-/m1/s1. The first-order valence-electron chi connectivity index (χ1n) is 14.5. The number of carbonyl (C=O) groups is 3. The van der Waals surface area contributed by atoms with Crippen LogP contribution in [0.5, 0.6) is 0 Å². The first kappa shape index (κ1) is 32.9. The van der Waals surface area contributed by atoms with Gasteiger partial charge in [0.25, 0.3) is 10.0 Å². The van der Waals surface area contributed by atoms with Gasteiger partial charge in [0.05, 0.1) is 28.0 Å². The molecule has 0 spiro atoms. The lowest BCUT2D eigenvalue weighted by Crippen LogP contribution is -2.40. The number of nitrogens with zero attached hydrogens (tertiary/aromatic N) is 1. The molecule has 14 heteroatoms. The molecule has 1 saturated heterocycles. The second-order valence-corrected chi connectivity index (χ2v) is 13.3. The lowest BCUT2D eigenvalue weighted by Gasteiger charge is -2.35. The fourth-order valence-corrected chi connectivity index (χ4v) is 7.38. The van der Waals surface area contributed by atoms with Gasteiger partial charge in [0.2, 0.25) is 11.8 Å². The minimum absolute atomic E-state index is 0.0143. The molecule has 0 radical (unpaired) electrons. The molecular formula is C32H31F4N3O6S. The molecule has 5 rings (SSSR count). The van der Waals surface area contributed by atoms with Crippen LogP contribution in [-0.2, 0) is 30.6 Å². The molecule has 46 heavy (non-hydrogen) atoms. The van der Waals surface area contributed by atoms with E-state index in [9.17, 15) is 45.5 Å². The van der Waals surface area contributed by atoms with Crippen molar-refractivity contribution in [3.8, 4) is 0 Å². The highest BCUT2D eigenvalue weighted by molar-refractivity contribution is 7.92. The van der Waals surface area contributed by atoms with Crippen molar-refractivity contribution in [2.24, 2.45) is 11.8 Å². The average Bonchev–Trinajstić information content (AvgIpc) is 3.35. The lowest BCUT2D eigenvalue weighted by molar-refractivity contribution is -0.148. The molecule has 3 aromatic rings. The summed E-state index contributed by atoms with van der Waals surface area (Å²) >= 11 is 0. The number of amides is 2. The zero-order valence-corrected chi connectivity index (χ0v) is 25.4. The van der Waals surface area contributed by atoms with Gasteiger partial charge in [-0.2, -0.15) is 13.2 Å². The Bertz CT molecular complexity index is 1760. The van der Waals surface area contributed by atoms with Gasteiger partial charge in [-0.3, -0.25) is 19.1 Å². The third kappa shape index (κ3) is 7.01. The number of sulfonamides is 1. The Labute approximate surface area is 262 Å². The number of carbonyl (C=O) groups excluding carboxylic acids is 2. The number of aliphatic carboxylic acids is 1. The predicted octanol–water partition coefficient (Wildman–Crippen LogP) is 5.81. The number of carboxylic acids is 1. The van der Waals surface area contributed by atoms with E-state index >= 15 is 0 Å². The third-order valence-corrected chi connectivity index (χ3v) is 10.0. The summed E-state index contributed by atoms with van der Waals surface area (Å²) in [6.45, 7) is 0.490. The number of rotatable bonds is 8. The number of alkyl halides is 3. The van der Waals surface area contributed by atoms with Gasteiger partial charge in [-0.1, -0.05) is 30.7 Å². The van der Waals surface area contributed by atoms with Gasteiger partial charge < -0.3 is 15.3 Å². The van der Waals surface area contributed by atoms with Crippen LogP contribution in [0.15, 0.2) is 71.6 Å². The van der Waals surface area contributed by atoms with Crippen LogP contribution in [0.4, 0.5) is 28.9 Å². The Balaban J connectivity index is 1.30. The van der Waals surface area contributed by atoms with E-state index < -0.39 is 62.9 Å². The molecule has 244 valence electrons. The van der Waals surface area contributed by atoms with Crippen LogP contribution in [0.3, 0.4) is 0 Å². The van der Waals surface area contributed by atoms with Crippen molar-refractivity contribution in [2.45, 2.75) is 48.6 Å². The third-order valence-electron chi connectivity index (χ3n) is 8.65. The van der Waals surface area contributed by atoms with Gasteiger partial charge >= 0.3 is 12.1 Å². The summed E-state index contributed by atoms with van der Waals surface area (Å²) in [5, 5.41) is 12.4. The minimum Gasteiger partial charge on any atom is -0.481 e. The number of carboxylic acid groups (broad SMARTS) is 1. The molecule has 2 fully saturated rings. The summed E-state index contributed by atoms with van der Waals surface area (Å²) in [6.07, 6.45) is -3.45. The van der Waals surface area contributed by atoms with E-state index in [-0.39, 0.29) is 34.9 Å². The quantitative estimate of drug-likeness (QED) is 0.261. The Hall–Kier alpha value is -4.46. The average molecular weight is 662 g/mol. The summed E-state index contributed by atoms with van der Waals surface area (Å²) in [5.41, 5.74) is -0.216. The van der Waals surface area contributed by atoms with Crippen molar-refractivity contribution in [1.29, 1.82) is 0 Å². The molecule has 1 aliphatic carbocycles. The summed E-state index contributed by atoms with van der Waals surface area (Å²) in [4.78, 5) is 39.1. The number of hydrogen-bond acceptors (Lipinski definition) is 5. The van der Waals surface area contributed by atoms with E-state index in [2.05, 4.69) is 10.0 Å². The fraction of sp³-hybridized carbons (Fsp3) is 0.344. The summed E-state index contributed by atoms with van der Waals surface area (Å²) in [7, 11) is -2.31. The van der Waals surface area contributed by atoms with E-state index in [0.29, 0.717) is 37.4 Å². The zero-order valence-electron chi connectivity index (χ0n) is 24.6. The molecule has 4 atom stereocenters. The van der Waals surface area contributed by atoms with Crippen LogP contribution in [0.25, 0.3) is 0 Å². The fourth-order valence-electron chi connectivity index (χ4n) is 6.26. The highest BCUT2D eigenvalue weighted by Crippen LogP contribution is 2.43. The molecule has 1 unspecified atom stereocenters. The highest BCUT2D eigenvalue weighted by atomic mass is 32.2. The molecule has 2 amide bonds. The van der Waals surface area contributed by atoms with Crippen molar-refractivity contribution in [3.05, 3.63) is 89.2 Å². The van der Waals surface area contributed by atoms with Crippen molar-refractivity contribution >= 4 is 39.2 Å². The molecule has 9 nitrogen and oxygen atoms in total. The van der Waals surface area contributed by atoms with E-state index in [1.165, 1.54) is 24.3 Å². The van der Waals surface area contributed by atoms with E-state index in [4.69, 9.17) is 0 Å². The van der Waals surface area contributed by atoms with Gasteiger partial charge in [0.15, 0.2) is 0 Å². The normalized spacial score (nSPS) is 22.0. The van der Waals surface area contributed by atoms with Crippen LogP contribution in [0.1, 0.15) is 54.2 Å². The van der Waals surface area contributed by atoms with E-state index in [1.54, 1.807) is 36.2 Å². The van der Waals surface area contributed by atoms with Gasteiger partial charge in [0, 0.05) is 31.6 Å². The summed E-state index contributed by atoms with van der Waals surface area (Å²) in [5.74, 6) is -6.49. The van der Waals surface area contributed by atoms with Crippen molar-refractivity contribution in [2.75, 3.05) is 23.6 Å². The predicted molar refractivity (Wildman–Crippen MR) is 160 cm³/mol. The van der Waals surface area contributed by atoms with Crippen molar-refractivity contribution < 1.29 is 45.5 Å². The molecule has 3 aromatic carbocycles. The number of benzene rings is 3. The van der Waals surface area contributed by atoms with E-state index in [1.807, 2.05) is 0 Å². The smallest absolute Gasteiger partial charge is 0.416 e. The molecule has 2 aliphatic rings. The molecule has 0 aromatic heterocycles. The summed E-state index contributed by atoms with van der Waals surface area (Å²) in [6, 6.07) is 14.2. The molecular weight excluding hydrogens is 630 g/mol. The number of anilines is 2. The Morgan fingerprint density at radius 1 is 0.978 bits per heavy atom. The summed E-state index contributed by atoms with van der Waals surface area (Å²) < 4.78 is 82.0. The Morgan fingerprint density at radius 2 is 1.70 bits per heavy atom. The maximum absolute atomic E-state index is 14.4. The number of hydrogen-bond donors (Lipinski definition) is 3. The molecule has 1 saturated carbocycles. The topological polar surface area (TPSA) is 133 Å². The molecule has 3 N–H and O–H groups in total. The van der Waals surface area contributed by atoms with Gasteiger partial charge in [-0.05, 0) is 72.4 Å². The molecule has 1 aliphatic heterocycles. The molecule has 1 heterocycles. The monoisotopic (exact) mass is 661 g/mol. The minimum atomic E-state index is -4.77. The van der Waals surface area contributed by atoms with Crippen LogP contribution in [-0.4, -0.2) is 49.8 Å². The second kappa shape index (κ2) is 12.7. The largest absolute Gasteiger partial charge is 0.481 e. The maximum atomic E-state index is 14.4. The van der Waals surface area contributed by atoms with Gasteiger partial charge in [-0.15, -0.1) is 0 Å². The Kier molecular flexibility index (Phi) is 9.12. The second-order valence-electron chi connectivity index (χ2n) is 11.7. The van der Waals surface area contributed by atoms with E-state index in [0.717, 1.165) is 11.6 Å². The highest BCUT2D eigenvalue weighted by Gasteiger charge is 2.43. The first-order chi connectivity index (χ1) is 21.6. The van der Waals surface area contributed by atoms with Gasteiger partial charge in [0.1, 0.15) is 5.82 Å².